The Bertz CT molecular complexity index is 1390. The normalized spacial score (nSPS) is 51.5. The summed E-state index contributed by atoms with van der Waals surface area (Å²) in [4.78, 5) is 38.5. The second-order valence-corrected chi connectivity index (χ2v) is 13.8. The summed E-state index contributed by atoms with van der Waals surface area (Å²) >= 11 is -2.15. The summed E-state index contributed by atoms with van der Waals surface area (Å²) in [5.41, 5.74) is -5.95. The van der Waals surface area contributed by atoms with Gasteiger partial charge in [-0.1, -0.05) is 19.9 Å². The standard InChI is InChI=1S/C28H32O11S/c1-14(29)34-17-12-27(9-7-18(30)36-23(27,2)3)26(6)19-16(38-40(32)39-26)11-24(4)20(15-8-10-33-13-15)35-22(31)21-28(24,37-21)25(17,19)5/h7-10,13,16-17,19-21H,11-12H2,1-6H3. The second-order valence-electron chi connectivity index (χ2n) is 13.1. The van der Waals surface area contributed by atoms with Gasteiger partial charge in [0.25, 0.3) is 0 Å². The molecule has 11 nitrogen and oxygen atoms in total. The van der Waals surface area contributed by atoms with Crippen molar-refractivity contribution in [1.29, 1.82) is 0 Å². The maximum atomic E-state index is 13.4. The maximum Gasteiger partial charge on any atom is 0.339 e. The van der Waals surface area contributed by atoms with Crippen LogP contribution in [0, 0.1) is 22.2 Å². The Kier molecular flexibility index (Phi) is 5.04. The Labute approximate surface area is 233 Å². The van der Waals surface area contributed by atoms with E-state index >= 15 is 0 Å². The summed E-state index contributed by atoms with van der Waals surface area (Å²) in [5, 5.41) is 0. The highest BCUT2D eigenvalue weighted by atomic mass is 32.2. The Morgan fingerprint density at radius 2 is 1.85 bits per heavy atom. The van der Waals surface area contributed by atoms with Crippen LogP contribution >= 0.6 is 0 Å². The highest BCUT2D eigenvalue weighted by molar-refractivity contribution is 7.75. The molecule has 11 atom stereocenters. The number of cyclic esters (lactones) is 2. The number of carbonyl (C=O) groups is 3. The first-order valence-electron chi connectivity index (χ1n) is 13.5. The van der Waals surface area contributed by atoms with Crippen LogP contribution in [0.1, 0.15) is 66.1 Å². The first kappa shape index (κ1) is 26.4. The molecular weight excluding hydrogens is 544 g/mol. The van der Waals surface area contributed by atoms with Crippen LogP contribution < -0.4 is 0 Å². The van der Waals surface area contributed by atoms with Gasteiger partial charge in [0.15, 0.2) is 6.10 Å². The highest BCUT2D eigenvalue weighted by Gasteiger charge is 2.92. The number of ether oxygens (including phenoxy) is 4. The Morgan fingerprint density at radius 1 is 1.10 bits per heavy atom. The SMILES string of the molecule is CC(=O)OC1CC2(C=CC(=O)OC2(C)C)C2(C)OS(=O)OC3CC4(C)C(c5ccoc5)OC(=O)C5OC54C1(C)C32. The molecule has 1 aromatic heterocycles. The van der Waals surface area contributed by atoms with E-state index in [2.05, 4.69) is 0 Å². The zero-order valence-electron chi connectivity index (χ0n) is 23.1. The number of fused-ring (bicyclic) bond motifs is 1. The smallest absolute Gasteiger partial charge is 0.339 e. The number of rotatable bonds is 2. The summed E-state index contributed by atoms with van der Waals surface area (Å²) in [6.45, 7) is 10.7. The van der Waals surface area contributed by atoms with Crippen LogP contribution in [0.5, 0.6) is 0 Å². The fourth-order valence-electron chi connectivity index (χ4n) is 9.66. The predicted molar refractivity (Wildman–Crippen MR) is 134 cm³/mol. The molecule has 2 spiro atoms. The summed E-state index contributed by atoms with van der Waals surface area (Å²) < 4.78 is 55.5. The average molecular weight is 577 g/mol. The monoisotopic (exact) mass is 576 g/mol. The molecule has 5 fully saturated rings. The van der Waals surface area contributed by atoms with Gasteiger partial charge in [0.1, 0.15) is 29.0 Å². The molecule has 216 valence electrons. The summed E-state index contributed by atoms with van der Waals surface area (Å²) in [5.74, 6) is -2.15. The van der Waals surface area contributed by atoms with Crippen molar-refractivity contribution in [3.8, 4) is 0 Å². The summed E-state index contributed by atoms with van der Waals surface area (Å²) in [6.07, 6.45) is 3.38. The molecule has 2 saturated carbocycles. The van der Waals surface area contributed by atoms with Gasteiger partial charge in [-0.05, 0) is 33.3 Å². The van der Waals surface area contributed by atoms with E-state index in [1.54, 1.807) is 26.0 Å². The van der Waals surface area contributed by atoms with Crippen LogP contribution in [0.2, 0.25) is 0 Å². The lowest BCUT2D eigenvalue weighted by Crippen LogP contribution is -2.82. The van der Waals surface area contributed by atoms with Crippen molar-refractivity contribution in [3.63, 3.8) is 0 Å². The van der Waals surface area contributed by atoms with Crippen LogP contribution in [0.25, 0.3) is 0 Å². The van der Waals surface area contributed by atoms with Gasteiger partial charge in [0.05, 0.1) is 24.0 Å². The van der Waals surface area contributed by atoms with E-state index in [9.17, 15) is 18.6 Å². The zero-order chi connectivity index (χ0) is 28.7. The lowest BCUT2D eigenvalue weighted by molar-refractivity contribution is -0.326. The van der Waals surface area contributed by atoms with Gasteiger partial charge in [-0.25, -0.2) is 9.59 Å². The molecule has 0 aromatic carbocycles. The average Bonchev–Trinajstić information content (AvgIpc) is 3.41. The molecule has 11 unspecified atom stereocenters. The molecular formula is C28H32O11S. The number of epoxide rings is 1. The minimum Gasteiger partial charge on any atom is -0.472 e. The zero-order valence-corrected chi connectivity index (χ0v) is 23.9. The molecule has 0 amide bonds. The highest BCUT2D eigenvalue weighted by Crippen LogP contribution is 2.80. The van der Waals surface area contributed by atoms with Gasteiger partial charge in [0.2, 0.25) is 0 Å². The van der Waals surface area contributed by atoms with E-state index in [1.165, 1.54) is 25.5 Å². The largest absolute Gasteiger partial charge is 0.472 e. The van der Waals surface area contributed by atoms with Crippen LogP contribution in [0.4, 0.5) is 0 Å². The maximum absolute atomic E-state index is 13.4. The van der Waals surface area contributed by atoms with Crippen LogP contribution in [0.3, 0.4) is 0 Å². The van der Waals surface area contributed by atoms with E-state index in [0.717, 1.165) is 0 Å². The van der Waals surface area contributed by atoms with Crippen LogP contribution in [0.15, 0.2) is 35.2 Å². The van der Waals surface area contributed by atoms with Crippen molar-refractivity contribution >= 4 is 29.3 Å². The van der Waals surface area contributed by atoms with Gasteiger partial charge in [-0.15, -0.1) is 0 Å². The first-order chi connectivity index (χ1) is 18.7. The number of esters is 3. The quantitative estimate of drug-likeness (QED) is 0.291. The minimum absolute atomic E-state index is 0.149. The third kappa shape index (κ3) is 2.76. The molecule has 0 radical (unpaired) electrons. The lowest BCUT2D eigenvalue weighted by atomic mass is 9.36. The number of carbonyl (C=O) groups excluding carboxylic acids is 3. The first-order valence-corrected chi connectivity index (χ1v) is 14.5. The van der Waals surface area contributed by atoms with Gasteiger partial charge < -0.3 is 23.4 Å². The molecule has 5 heterocycles. The second kappa shape index (κ2) is 7.64. The van der Waals surface area contributed by atoms with Gasteiger partial charge >= 0.3 is 29.3 Å². The lowest BCUT2D eigenvalue weighted by Gasteiger charge is -2.72. The molecule has 4 aliphatic heterocycles. The van der Waals surface area contributed by atoms with Crippen molar-refractivity contribution in [1.82, 2.24) is 0 Å². The van der Waals surface area contributed by atoms with Gasteiger partial charge in [-0.3, -0.25) is 13.2 Å². The predicted octanol–water partition coefficient (Wildman–Crippen LogP) is 3.01. The van der Waals surface area contributed by atoms with E-state index in [-0.39, 0.29) is 6.42 Å². The topological polar surface area (TPSA) is 140 Å². The van der Waals surface area contributed by atoms with E-state index in [4.69, 9.17) is 31.7 Å². The Balaban J connectivity index is 1.50. The molecule has 12 heteroatoms. The number of furan rings is 1. The van der Waals surface area contributed by atoms with Gasteiger partial charge in [0, 0.05) is 41.7 Å². The van der Waals surface area contributed by atoms with Crippen molar-refractivity contribution in [2.45, 2.75) is 95.6 Å². The molecule has 2 aliphatic carbocycles. The molecule has 0 bridgehead atoms. The van der Waals surface area contributed by atoms with Crippen LogP contribution in [-0.4, -0.2) is 57.2 Å². The van der Waals surface area contributed by atoms with E-state index in [1.807, 2.05) is 20.8 Å². The number of hydrogen-bond acceptors (Lipinski definition) is 11. The summed E-state index contributed by atoms with van der Waals surface area (Å²) in [7, 11) is 0. The third-order valence-electron chi connectivity index (χ3n) is 11.1. The van der Waals surface area contributed by atoms with Crippen molar-refractivity contribution in [3.05, 3.63) is 36.3 Å². The molecule has 40 heavy (non-hydrogen) atoms. The minimum atomic E-state index is -2.15. The van der Waals surface area contributed by atoms with E-state index in [0.29, 0.717) is 12.0 Å². The van der Waals surface area contributed by atoms with Crippen molar-refractivity contribution in [2.75, 3.05) is 0 Å². The third-order valence-corrected chi connectivity index (χ3v) is 12.0. The van der Waals surface area contributed by atoms with Gasteiger partial charge in [-0.2, -0.15) is 4.21 Å². The molecule has 3 saturated heterocycles. The Hall–Kier alpha value is -2.54. The van der Waals surface area contributed by atoms with Crippen molar-refractivity contribution < 1.29 is 50.3 Å². The fourth-order valence-corrected chi connectivity index (χ4v) is 10.6. The molecule has 0 N–H and O–H groups in total. The van der Waals surface area contributed by atoms with Crippen molar-refractivity contribution in [2.24, 2.45) is 22.2 Å². The molecule has 1 aromatic rings. The Morgan fingerprint density at radius 3 is 2.50 bits per heavy atom. The van der Waals surface area contributed by atoms with Crippen LogP contribution in [-0.2, 0) is 53.1 Å². The molecule has 7 rings (SSSR count). The van der Waals surface area contributed by atoms with E-state index < -0.39 is 92.7 Å². The summed E-state index contributed by atoms with van der Waals surface area (Å²) in [6, 6.07) is 1.74. The molecule has 6 aliphatic rings. The number of hydrogen-bond donors (Lipinski definition) is 0. The fraction of sp³-hybridized carbons (Fsp3) is 0.679.